The summed E-state index contributed by atoms with van der Waals surface area (Å²) in [5.41, 5.74) is 3.01. The van der Waals surface area contributed by atoms with Gasteiger partial charge in [-0.2, -0.15) is 0 Å². The topological polar surface area (TPSA) is 78.6 Å². The van der Waals surface area contributed by atoms with Crippen molar-refractivity contribution in [2.45, 2.75) is 11.3 Å². The van der Waals surface area contributed by atoms with E-state index in [2.05, 4.69) is 0 Å². The van der Waals surface area contributed by atoms with Crippen LogP contribution in [0.2, 0.25) is 0 Å². The number of oxazole rings is 1. The molecule has 0 N–H and O–H groups in total. The molecule has 4 rings (SSSR count). The van der Waals surface area contributed by atoms with E-state index in [-0.39, 0.29) is 4.90 Å². The molecular weight excluding hydrogens is 426 g/mol. The fraction of sp³-hybridized carbons (Fsp3) is 0.160. The molecule has 7 heteroatoms. The Morgan fingerprint density at radius 3 is 2.03 bits per heavy atom. The van der Waals surface area contributed by atoms with Crippen molar-refractivity contribution < 1.29 is 22.3 Å². The van der Waals surface area contributed by atoms with Crippen LogP contribution in [0.15, 0.2) is 82.1 Å². The number of hydrogen-bond donors (Lipinski definition) is 0. The van der Waals surface area contributed by atoms with E-state index in [1.165, 1.54) is 6.26 Å². The molecule has 0 unspecified atom stereocenters. The van der Waals surface area contributed by atoms with Crippen LogP contribution in [-0.4, -0.2) is 33.9 Å². The second kappa shape index (κ2) is 8.88. The molecule has 0 radical (unpaired) electrons. The number of ether oxygens (including phenoxy) is 2. The largest absolute Gasteiger partial charge is 0.496 e. The predicted molar refractivity (Wildman–Crippen MR) is 123 cm³/mol. The molecule has 0 aliphatic carbocycles. The van der Waals surface area contributed by atoms with Gasteiger partial charge in [-0.15, -0.1) is 0 Å². The van der Waals surface area contributed by atoms with Crippen LogP contribution in [0.4, 0.5) is 0 Å². The number of methoxy groups -OCH3 is 2. The molecule has 0 aliphatic rings. The molecule has 0 spiro atoms. The highest BCUT2D eigenvalue weighted by Gasteiger charge is 2.24. The third-order valence-corrected chi connectivity index (χ3v) is 6.21. The summed E-state index contributed by atoms with van der Waals surface area (Å²) in [6.45, 7) is 0. The number of rotatable bonds is 7. The maximum absolute atomic E-state index is 11.9. The fourth-order valence-corrected chi connectivity index (χ4v) is 4.14. The van der Waals surface area contributed by atoms with Gasteiger partial charge < -0.3 is 13.9 Å². The Bertz CT molecular complexity index is 1300. The van der Waals surface area contributed by atoms with Crippen molar-refractivity contribution >= 4 is 9.84 Å². The summed E-state index contributed by atoms with van der Waals surface area (Å²) in [6.07, 6.45) is 1.69. The molecule has 1 aromatic heterocycles. The second-order valence-corrected chi connectivity index (χ2v) is 9.30. The summed E-state index contributed by atoms with van der Waals surface area (Å²) in [5.74, 6) is 2.19. The van der Waals surface area contributed by atoms with Crippen molar-refractivity contribution in [2.24, 2.45) is 0 Å². The molecule has 0 saturated heterocycles. The first-order chi connectivity index (χ1) is 15.4. The molecule has 4 aromatic rings. The molecule has 164 valence electrons. The Morgan fingerprint density at radius 1 is 0.844 bits per heavy atom. The van der Waals surface area contributed by atoms with E-state index >= 15 is 0 Å². The zero-order valence-corrected chi connectivity index (χ0v) is 18.8. The molecule has 3 aromatic carbocycles. The maximum Gasteiger partial charge on any atom is 0.199 e. The van der Waals surface area contributed by atoms with Crippen molar-refractivity contribution in [3.8, 4) is 34.1 Å². The van der Waals surface area contributed by atoms with E-state index in [4.69, 9.17) is 18.9 Å². The standard InChI is InChI=1S/C25H23NO5S/c1-29-20-10-7-11-21(30-2)23(20)25-24(18-12-14-19(15-13-18)32(3,27)28)26-22(31-25)16-17-8-5-4-6-9-17/h4-15H,16H2,1-3H3. The van der Waals surface area contributed by atoms with Gasteiger partial charge in [-0.1, -0.05) is 48.5 Å². The van der Waals surface area contributed by atoms with Crippen molar-refractivity contribution in [1.29, 1.82) is 0 Å². The van der Waals surface area contributed by atoms with Crippen molar-refractivity contribution in [3.63, 3.8) is 0 Å². The van der Waals surface area contributed by atoms with Gasteiger partial charge in [0.2, 0.25) is 0 Å². The lowest BCUT2D eigenvalue weighted by atomic mass is 10.0. The summed E-state index contributed by atoms with van der Waals surface area (Å²) < 4.78 is 41.2. The fourth-order valence-electron chi connectivity index (χ4n) is 3.51. The van der Waals surface area contributed by atoms with Crippen LogP contribution in [0.25, 0.3) is 22.6 Å². The number of nitrogens with zero attached hydrogens (tertiary/aromatic N) is 1. The first-order valence-electron chi connectivity index (χ1n) is 9.96. The lowest BCUT2D eigenvalue weighted by Gasteiger charge is -2.12. The van der Waals surface area contributed by atoms with E-state index in [0.717, 1.165) is 11.1 Å². The molecule has 0 bridgehead atoms. The average Bonchev–Trinajstić information content (AvgIpc) is 3.21. The average molecular weight is 450 g/mol. The normalized spacial score (nSPS) is 11.3. The van der Waals surface area contributed by atoms with Gasteiger partial charge in [-0.3, -0.25) is 0 Å². The van der Waals surface area contributed by atoms with E-state index in [9.17, 15) is 8.42 Å². The predicted octanol–water partition coefficient (Wildman–Crippen LogP) is 5.02. The highest BCUT2D eigenvalue weighted by molar-refractivity contribution is 7.90. The number of benzene rings is 3. The minimum Gasteiger partial charge on any atom is -0.496 e. The summed E-state index contributed by atoms with van der Waals surface area (Å²) in [5, 5.41) is 0. The number of sulfone groups is 1. The van der Waals surface area contributed by atoms with Crippen LogP contribution in [0, 0.1) is 0 Å². The zero-order chi connectivity index (χ0) is 22.7. The third kappa shape index (κ3) is 4.38. The number of aromatic nitrogens is 1. The summed E-state index contributed by atoms with van der Waals surface area (Å²) in [7, 11) is -0.138. The van der Waals surface area contributed by atoms with E-state index < -0.39 is 9.84 Å². The first-order valence-corrected chi connectivity index (χ1v) is 11.9. The lowest BCUT2D eigenvalue weighted by Crippen LogP contribution is -1.97. The van der Waals surface area contributed by atoms with E-state index in [1.807, 2.05) is 48.5 Å². The van der Waals surface area contributed by atoms with Crippen LogP contribution in [0.1, 0.15) is 11.5 Å². The SMILES string of the molecule is COc1cccc(OC)c1-c1oc(Cc2ccccc2)nc1-c1ccc(S(C)(=O)=O)cc1. The maximum atomic E-state index is 11.9. The molecule has 0 aliphatic heterocycles. The first kappa shape index (κ1) is 21.6. The van der Waals surface area contributed by atoms with Crippen LogP contribution in [0.5, 0.6) is 11.5 Å². The smallest absolute Gasteiger partial charge is 0.199 e. The van der Waals surface area contributed by atoms with Gasteiger partial charge >= 0.3 is 0 Å². The second-order valence-electron chi connectivity index (χ2n) is 7.28. The van der Waals surface area contributed by atoms with Crippen LogP contribution < -0.4 is 9.47 Å². The third-order valence-electron chi connectivity index (χ3n) is 5.08. The molecular formula is C25H23NO5S. The minimum atomic E-state index is -3.30. The highest BCUT2D eigenvalue weighted by atomic mass is 32.2. The van der Waals surface area contributed by atoms with Gasteiger partial charge in [0.25, 0.3) is 0 Å². The van der Waals surface area contributed by atoms with Gasteiger partial charge in [0.15, 0.2) is 21.5 Å². The van der Waals surface area contributed by atoms with Gasteiger partial charge in [-0.25, -0.2) is 13.4 Å². The Morgan fingerprint density at radius 2 is 1.47 bits per heavy atom. The summed E-state index contributed by atoms with van der Waals surface area (Å²) >= 11 is 0. The van der Waals surface area contributed by atoms with Gasteiger partial charge in [0.05, 0.1) is 19.1 Å². The van der Waals surface area contributed by atoms with Crippen molar-refractivity contribution in [1.82, 2.24) is 4.98 Å². The quantitative estimate of drug-likeness (QED) is 0.394. The Hall–Kier alpha value is -3.58. The molecule has 6 nitrogen and oxygen atoms in total. The number of hydrogen-bond acceptors (Lipinski definition) is 6. The highest BCUT2D eigenvalue weighted by Crippen LogP contribution is 2.43. The van der Waals surface area contributed by atoms with Gasteiger partial charge in [0, 0.05) is 18.2 Å². The van der Waals surface area contributed by atoms with Crippen molar-refractivity contribution in [3.05, 3.63) is 84.3 Å². The molecule has 0 amide bonds. The van der Waals surface area contributed by atoms with E-state index in [1.54, 1.807) is 38.5 Å². The monoisotopic (exact) mass is 449 g/mol. The Kier molecular flexibility index (Phi) is 6.01. The summed E-state index contributed by atoms with van der Waals surface area (Å²) in [4.78, 5) is 5.01. The Labute approximate surface area is 187 Å². The van der Waals surface area contributed by atoms with Gasteiger partial charge in [0.1, 0.15) is 22.8 Å². The molecule has 32 heavy (non-hydrogen) atoms. The van der Waals surface area contributed by atoms with Crippen molar-refractivity contribution in [2.75, 3.05) is 20.5 Å². The lowest BCUT2D eigenvalue weighted by molar-refractivity contribution is 0.393. The van der Waals surface area contributed by atoms with Crippen LogP contribution >= 0.6 is 0 Å². The molecule has 0 fully saturated rings. The van der Waals surface area contributed by atoms with Crippen LogP contribution in [0.3, 0.4) is 0 Å². The summed E-state index contributed by atoms with van der Waals surface area (Å²) in [6, 6.07) is 22.0. The minimum absolute atomic E-state index is 0.241. The molecule has 0 atom stereocenters. The van der Waals surface area contributed by atoms with Crippen LogP contribution in [-0.2, 0) is 16.3 Å². The molecule has 1 heterocycles. The zero-order valence-electron chi connectivity index (χ0n) is 18.0. The van der Waals surface area contributed by atoms with E-state index in [0.29, 0.717) is 40.8 Å². The Balaban J connectivity index is 1.89. The molecule has 0 saturated carbocycles. The van der Waals surface area contributed by atoms with Gasteiger partial charge in [-0.05, 0) is 29.8 Å².